The first-order chi connectivity index (χ1) is 5.90. The van der Waals surface area contributed by atoms with E-state index in [2.05, 4.69) is 19.8 Å². The Kier molecular flexibility index (Phi) is 2.29. The standard InChI is InChI=1S/C5H3ClN4S2/c6-1-4-8-9-5(11-4)3-2-7-10-12-3/h2H,1H2. The molecule has 2 aromatic rings. The Hall–Kier alpha value is -0.590. The molecular weight excluding hydrogens is 216 g/mol. The van der Waals surface area contributed by atoms with E-state index in [1.807, 2.05) is 0 Å². The fraction of sp³-hybridized carbons (Fsp3) is 0.200. The summed E-state index contributed by atoms with van der Waals surface area (Å²) in [5, 5.41) is 13.2. The van der Waals surface area contributed by atoms with Crippen LogP contribution in [0.2, 0.25) is 0 Å². The van der Waals surface area contributed by atoms with E-state index in [4.69, 9.17) is 11.6 Å². The van der Waals surface area contributed by atoms with E-state index in [1.54, 1.807) is 6.20 Å². The predicted molar refractivity (Wildman–Crippen MR) is 48.4 cm³/mol. The summed E-state index contributed by atoms with van der Waals surface area (Å²) >= 11 is 8.35. The molecule has 2 rings (SSSR count). The maximum atomic E-state index is 5.58. The summed E-state index contributed by atoms with van der Waals surface area (Å²) in [6, 6.07) is 0. The highest BCUT2D eigenvalue weighted by Crippen LogP contribution is 2.25. The fourth-order valence-corrected chi connectivity index (χ4v) is 2.11. The SMILES string of the molecule is ClCc1nnc(-c2cnns2)s1. The van der Waals surface area contributed by atoms with Crippen molar-refractivity contribution in [1.29, 1.82) is 0 Å². The quantitative estimate of drug-likeness (QED) is 0.722. The Morgan fingerprint density at radius 2 is 2.33 bits per heavy atom. The second-order valence-electron chi connectivity index (χ2n) is 1.92. The Morgan fingerprint density at radius 3 is 2.92 bits per heavy atom. The highest BCUT2D eigenvalue weighted by atomic mass is 35.5. The molecule has 0 aliphatic heterocycles. The van der Waals surface area contributed by atoms with Gasteiger partial charge in [-0.05, 0) is 11.5 Å². The Balaban J connectivity index is 2.35. The summed E-state index contributed by atoms with van der Waals surface area (Å²) < 4.78 is 3.73. The molecule has 0 N–H and O–H groups in total. The third-order valence-electron chi connectivity index (χ3n) is 1.15. The molecule has 0 radical (unpaired) electrons. The van der Waals surface area contributed by atoms with Gasteiger partial charge >= 0.3 is 0 Å². The Morgan fingerprint density at radius 1 is 1.42 bits per heavy atom. The molecule has 0 bridgehead atoms. The molecule has 0 aromatic carbocycles. The molecule has 0 spiro atoms. The largest absolute Gasteiger partial charge is 0.161 e. The van der Waals surface area contributed by atoms with Crippen molar-refractivity contribution in [1.82, 2.24) is 19.8 Å². The van der Waals surface area contributed by atoms with Crippen molar-refractivity contribution in [2.24, 2.45) is 0 Å². The molecule has 7 heteroatoms. The van der Waals surface area contributed by atoms with E-state index in [0.717, 1.165) is 14.9 Å². The Labute approximate surface area is 81.4 Å². The molecule has 0 aliphatic carbocycles. The van der Waals surface area contributed by atoms with Gasteiger partial charge in [0, 0.05) is 0 Å². The van der Waals surface area contributed by atoms with Gasteiger partial charge in [0.05, 0.1) is 12.1 Å². The van der Waals surface area contributed by atoms with Crippen molar-refractivity contribution < 1.29 is 0 Å². The van der Waals surface area contributed by atoms with Crippen LogP contribution in [0, 0.1) is 0 Å². The van der Waals surface area contributed by atoms with E-state index < -0.39 is 0 Å². The summed E-state index contributed by atoms with van der Waals surface area (Å²) in [5.74, 6) is 0.407. The highest BCUT2D eigenvalue weighted by Gasteiger charge is 2.07. The monoisotopic (exact) mass is 218 g/mol. The number of nitrogens with zero attached hydrogens (tertiary/aromatic N) is 4. The first-order valence-electron chi connectivity index (χ1n) is 3.06. The molecule has 4 nitrogen and oxygen atoms in total. The topological polar surface area (TPSA) is 51.6 Å². The number of aromatic nitrogens is 4. The minimum absolute atomic E-state index is 0.407. The van der Waals surface area contributed by atoms with Crippen LogP contribution in [0.1, 0.15) is 5.01 Å². The molecule has 2 heterocycles. The third kappa shape index (κ3) is 1.45. The number of hydrogen-bond donors (Lipinski definition) is 0. The third-order valence-corrected chi connectivity index (χ3v) is 3.32. The van der Waals surface area contributed by atoms with Crippen LogP contribution in [0.25, 0.3) is 9.88 Å². The van der Waals surface area contributed by atoms with Gasteiger partial charge in [-0.1, -0.05) is 15.8 Å². The van der Waals surface area contributed by atoms with Gasteiger partial charge in [0.1, 0.15) is 9.88 Å². The van der Waals surface area contributed by atoms with Crippen molar-refractivity contribution in [2.45, 2.75) is 5.88 Å². The molecule has 0 saturated carbocycles. The summed E-state index contributed by atoms with van der Waals surface area (Å²) in [6.45, 7) is 0. The lowest BCUT2D eigenvalue weighted by molar-refractivity contribution is 1.04. The lowest BCUT2D eigenvalue weighted by Gasteiger charge is -1.79. The fourth-order valence-electron chi connectivity index (χ4n) is 0.669. The molecule has 0 aliphatic rings. The summed E-state index contributed by atoms with van der Waals surface area (Å²) in [5.41, 5.74) is 0. The zero-order chi connectivity index (χ0) is 8.39. The van der Waals surface area contributed by atoms with Gasteiger partial charge in [0.25, 0.3) is 0 Å². The molecule has 0 saturated heterocycles. The predicted octanol–water partition coefficient (Wildman–Crippen LogP) is 1.80. The first kappa shape index (κ1) is 8.03. The maximum absolute atomic E-state index is 5.58. The minimum Gasteiger partial charge on any atom is -0.146 e. The molecular formula is C5H3ClN4S2. The average Bonchev–Trinajstić information content (AvgIpc) is 2.75. The zero-order valence-electron chi connectivity index (χ0n) is 5.77. The number of halogens is 1. The van der Waals surface area contributed by atoms with Crippen LogP contribution in [0.3, 0.4) is 0 Å². The number of rotatable bonds is 2. The summed E-state index contributed by atoms with van der Waals surface area (Å²) in [7, 11) is 0. The van der Waals surface area contributed by atoms with E-state index in [0.29, 0.717) is 5.88 Å². The molecule has 0 amide bonds. The number of alkyl halides is 1. The second kappa shape index (κ2) is 3.42. The maximum Gasteiger partial charge on any atom is 0.161 e. The molecule has 62 valence electrons. The van der Waals surface area contributed by atoms with Gasteiger partial charge in [-0.25, -0.2) is 0 Å². The van der Waals surface area contributed by atoms with Crippen LogP contribution in [0.4, 0.5) is 0 Å². The molecule has 12 heavy (non-hydrogen) atoms. The zero-order valence-corrected chi connectivity index (χ0v) is 8.16. The molecule has 0 unspecified atom stereocenters. The van der Waals surface area contributed by atoms with Crippen molar-refractivity contribution in [2.75, 3.05) is 0 Å². The van der Waals surface area contributed by atoms with Crippen LogP contribution in [0.5, 0.6) is 0 Å². The number of hydrogen-bond acceptors (Lipinski definition) is 6. The highest BCUT2D eigenvalue weighted by molar-refractivity contribution is 7.19. The van der Waals surface area contributed by atoms with E-state index in [9.17, 15) is 0 Å². The van der Waals surface area contributed by atoms with Crippen molar-refractivity contribution >= 4 is 34.5 Å². The van der Waals surface area contributed by atoms with Crippen molar-refractivity contribution in [3.8, 4) is 9.88 Å². The van der Waals surface area contributed by atoms with Gasteiger partial charge < -0.3 is 0 Å². The molecule has 2 aromatic heterocycles. The minimum atomic E-state index is 0.407. The average molecular weight is 219 g/mol. The van der Waals surface area contributed by atoms with Crippen LogP contribution < -0.4 is 0 Å². The lowest BCUT2D eigenvalue weighted by atomic mass is 10.6. The lowest BCUT2D eigenvalue weighted by Crippen LogP contribution is -1.73. The summed E-state index contributed by atoms with van der Waals surface area (Å²) in [4.78, 5) is 0.934. The summed E-state index contributed by atoms with van der Waals surface area (Å²) in [6.07, 6.45) is 1.67. The smallest absolute Gasteiger partial charge is 0.146 e. The van der Waals surface area contributed by atoms with Gasteiger partial charge in [-0.15, -0.1) is 26.9 Å². The molecule has 0 fully saturated rings. The van der Waals surface area contributed by atoms with Gasteiger partial charge in [-0.2, -0.15) is 0 Å². The van der Waals surface area contributed by atoms with E-state index >= 15 is 0 Å². The Bertz CT molecular complexity index is 357. The van der Waals surface area contributed by atoms with E-state index in [1.165, 1.54) is 22.9 Å². The van der Waals surface area contributed by atoms with Crippen LogP contribution in [0.15, 0.2) is 6.20 Å². The first-order valence-corrected chi connectivity index (χ1v) is 5.18. The van der Waals surface area contributed by atoms with Gasteiger partial charge in [0.15, 0.2) is 5.01 Å². The van der Waals surface area contributed by atoms with Crippen LogP contribution >= 0.6 is 34.5 Å². The normalized spacial score (nSPS) is 10.4. The van der Waals surface area contributed by atoms with Crippen molar-refractivity contribution in [3.05, 3.63) is 11.2 Å². The van der Waals surface area contributed by atoms with Crippen LogP contribution in [-0.4, -0.2) is 19.8 Å². The van der Waals surface area contributed by atoms with Crippen LogP contribution in [-0.2, 0) is 5.88 Å². The second-order valence-corrected chi connectivity index (χ2v) is 4.03. The van der Waals surface area contributed by atoms with E-state index in [-0.39, 0.29) is 0 Å². The van der Waals surface area contributed by atoms with Crippen molar-refractivity contribution in [3.63, 3.8) is 0 Å². The molecule has 0 atom stereocenters. The van der Waals surface area contributed by atoms with Gasteiger partial charge in [0.2, 0.25) is 0 Å². The van der Waals surface area contributed by atoms with Gasteiger partial charge in [-0.3, -0.25) is 0 Å².